The summed E-state index contributed by atoms with van der Waals surface area (Å²) in [6, 6.07) is 0. The smallest absolute Gasteiger partial charge is 0.343 e. The summed E-state index contributed by atoms with van der Waals surface area (Å²) in [5.74, 6) is -1.48. The maximum Gasteiger partial charge on any atom is 0.471 e. The quantitative estimate of drug-likeness (QED) is 0.673. The van der Waals surface area contributed by atoms with Crippen molar-refractivity contribution in [1.82, 2.24) is 5.32 Å². The molecule has 1 N–H and O–H groups in total. The second-order valence-electron chi connectivity index (χ2n) is 3.90. The Morgan fingerprint density at radius 3 is 2.54 bits per heavy atom. The molecule has 2 atom stereocenters. The second kappa shape index (κ2) is 2.39. The van der Waals surface area contributed by atoms with Crippen molar-refractivity contribution < 1.29 is 18.0 Å². The molecule has 74 valence electrons. The first-order valence-electron chi connectivity index (χ1n) is 4.33. The van der Waals surface area contributed by atoms with Crippen LogP contribution >= 0.6 is 0 Å². The van der Waals surface area contributed by atoms with E-state index in [0.717, 1.165) is 19.3 Å². The van der Waals surface area contributed by atoms with Crippen LogP contribution in [0.15, 0.2) is 0 Å². The van der Waals surface area contributed by atoms with Gasteiger partial charge in [-0.15, -0.1) is 0 Å². The number of halogens is 3. The predicted molar refractivity (Wildman–Crippen MR) is 38.9 cm³/mol. The summed E-state index contributed by atoms with van der Waals surface area (Å²) >= 11 is 0. The van der Waals surface area contributed by atoms with Crippen LogP contribution in [-0.2, 0) is 4.79 Å². The van der Waals surface area contributed by atoms with Gasteiger partial charge in [0.1, 0.15) is 0 Å². The molecule has 2 unspecified atom stereocenters. The Hall–Kier alpha value is -0.740. The van der Waals surface area contributed by atoms with E-state index in [1.807, 2.05) is 0 Å². The van der Waals surface area contributed by atoms with E-state index in [-0.39, 0.29) is 0 Å². The van der Waals surface area contributed by atoms with Crippen molar-refractivity contribution in [3.63, 3.8) is 0 Å². The molecule has 0 aromatic heterocycles. The van der Waals surface area contributed by atoms with Gasteiger partial charge in [-0.1, -0.05) is 6.42 Å². The topological polar surface area (TPSA) is 29.1 Å². The fraction of sp³-hybridized carbons (Fsp3) is 0.875. The molecule has 13 heavy (non-hydrogen) atoms. The summed E-state index contributed by atoms with van der Waals surface area (Å²) in [6.45, 7) is 0. The number of amides is 1. The van der Waals surface area contributed by atoms with Crippen molar-refractivity contribution in [2.75, 3.05) is 0 Å². The standard InChI is InChI=1S/C8H10F3NO/c9-8(10,11)6(13)12-7-3-1-2-5(7)4-7/h5H,1-4H2,(H,12,13). The number of nitrogens with one attached hydrogen (secondary N) is 1. The van der Waals surface area contributed by atoms with Crippen LogP contribution in [0, 0.1) is 5.92 Å². The SMILES string of the molecule is O=C(NC12CCCC1C2)C(F)(F)F. The molecule has 2 aliphatic rings. The number of hydrogen-bond acceptors (Lipinski definition) is 1. The zero-order chi connectivity index (χ0) is 9.69. The Morgan fingerprint density at radius 1 is 1.46 bits per heavy atom. The average molecular weight is 193 g/mol. The fourth-order valence-corrected chi connectivity index (χ4v) is 2.24. The molecule has 0 bridgehead atoms. The number of carbonyl (C=O) groups excluding carboxylic acids is 1. The second-order valence-corrected chi connectivity index (χ2v) is 3.90. The van der Waals surface area contributed by atoms with Crippen LogP contribution in [0.5, 0.6) is 0 Å². The van der Waals surface area contributed by atoms with E-state index < -0.39 is 17.6 Å². The lowest BCUT2D eigenvalue weighted by atomic mass is 10.2. The Balaban J connectivity index is 1.96. The lowest BCUT2D eigenvalue weighted by Crippen LogP contribution is -2.44. The molecule has 1 amide bonds. The molecular weight excluding hydrogens is 183 g/mol. The van der Waals surface area contributed by atoms with Gasteiger partial charge < -0.3 is 5.32 Å². The highest BCUT2D eigenvalue weighted by molar-refractivity contribution is 5.83. The van der Waals surface area contributed by atoms with E-state index in [1.54, 1.807) is 0 Å². The number of rotatable bonds is 1. The third kappa shape index (κ3) is 1.40. The fourth-order valence-electron chi connectivity index (χ4n) is 2.24. The van der Waals surface area contributed by atoms with Crippen LogP contribution < -0.4 is 5.32 Å². The molecule has 0 saturated heterocycles. The first kappa shape index (κ1) is 8.84. The molecule has 0 aromatic rings. The number of carbonyl (C=O) groups is 1. The van der Waals surface area contributed by atoms with Gasteiger partial charge in [-0.3, -0.25) is 4.79 Å². The van der Waals surface area contributed by atoms with Crippen molar-refractivity contribution >= 4 is 5.91 Å². The first-order valence-corrected chi connectivity index (χ1v) is 4.33. The highest BCUT2D eigenvalue weighted by Crippen LogP contribution is 2.55. The van der Waals surface area contributed by atoms with Crippen LogP contribution in [0.3, 0.4) is 0 Å². The summed E-state index contributed by atoms with van der Waals surface area (Å²) in [4.78, 5) is 10.6. The molecule has 0 aliphatic heterocycles. The van der Waals surface area contributed by atoms with Crippen molar-refractivity contribution in [1.29, 1.82) is 0 Å². The lowest BCUT2D eigenvalue weighted by molar-refractivity contribution is -0.174. The number of fused-ring (bicyclic) bond motifs is 1. The van der Waals surface area contributed by atoms with E-state index in [9.17, 15) is 18.0 Å². The van der Waals surface area contributed by atoms with Gasteiger partial charge in [-0.2, -0.15) is 13.2 Å². The van der Waals surface area contributed by atoms with Gasteiger partial charge in [0.2, 0.25) is 0 Å². The molecule has 0 aromatic carbocycles. The van der Waals surface area contributed by atoms with E-state index in [1.165, 1.54) is 0 Å². The van der Waals surface area contributed by atoms with Gasteiger partial charge in [0.15, 0.2) is 0 Å². The Kier molecular flexibility index (Phi) is 1.63. The Labute approximate surface area is 73.5 Å². The average Bonchev–Trinajstić information content (AvgIpc) is 2.51. The van der Waals surface area contributed by atoms with Crippen LogP contribution in [0.25, 0.3) is 0 Å². The molecule has 2 aliphatic carbocycles. The van der Waals surface area contributed by atoms with Gasteiger partial charge in [-0.05, 0) is 25.2 Å². The molecule has 0 radical (unpaired) electrons. The third-order valence-corrected chi connectivity index (χ3v) is 3.03. The highest BCUT2D eigenvalue weighted by Gasteiger charge is 2.59. The zero-order valence-corrected chi connectivity index (χ0v) is 6.95. The molecule has 5 heteroatoms. The predicted octanol–water partition coefficient (Wildman–Crippen LogP) is 1.61. The van der Waals surface area contributed by atoms with E-state index in [0.29, 0.717) is 12.3 Å². The molecule has 2 rings (SSSR count). The van der Waals surface area contributed by atoms with Crippen molar-refractivity contribution in [3.05, 3.63) is 0 Å². The van der Waals surface area contributed by atoms with Gasteiger partial charge in [0.25, 0.3) is 0 Å². The first-order chi connectivity index (χ1) is 5.94. The maximum atomic E-state index is 11.9. The summed E-state index contributed by atoms with van der Waals surface area (Å²) in [5.41, 5.74) is -0.480. The summed E-state index contributed by atoms with van der Waals surface area (Å²) < 4.78 is 35.6. The van der Waals surface area contributed by atoms with Crippen molar-refractivity contribution in [2.45, 2.75) is 37.4 Å². The highest BCUT2D eigenvalue weighted by atomic mass is 19.4. The molecule has 2 saturated carbocycles. The molecular formula is C8H10F3NO. The molecule has 0 spiro atoms. The maximum absolute atomic E-state index is 11.9. The Morgan fingerprint density at radius 2 is 2.15 bits per heavy atom. The van der Waals surface area contributed by atoms with Gasteiger partial charge >= 0.3 is 12.1 Å². The van der Waals surface area contributed by atoms with Gasteiger partial charge in [0, 0.05) is 5.54 Å². The molecule has 0 heterocycles. The zero-order valence-electron chi connectivity index (χ0n) is 6.95. The van der Waals surface area contributed by atoms with Crippen LogP contribution in [0.1, 0.15) is 25.7 Å². The largest absolute Gasteiger partial charge is 0.471 e. The summed E-state index contributed by atoms with van der Waals surface area (Å²) in [7, 11) is 0. The van der Waals surface area contributed by atoms with Crippen LogP contribution in [-0.4, -0.2) is 17.6 Å². The Bertz CT molecular complexity index is 250. The number of alkyl halides is 3. The number of hydrogen-bond donors (Lipinski definition) is 1. The van der Waals surface area contributed by atoms with Crippen molar-refractivity contribution in [3.8, 4) is 0 Å². The molecule has 2 nitrogen and oxygen atoms in total. The lowest BCUT2D eigenvalue weighted by Gasteiger charge is -2.15. The van der Waals surface area contributed by atoms with E-state index >= 15 is 0 Å². The van der Waals surface area contributed by atoms with Gasteiger partial charge in [-0.25, -0.2) is 0 Å². The van der Waals surface area contributed by atoms with E-state index in [4.69, 9.17) is 0 Å². The monoisotopic (exact) mass is 193 g/mol. The minimum Gasteiger partial charge on any atom is -0.343 e. The van der Waals surface area contributed by atoms with E-state index in [2.05, 4.69) is 5.32 Å². The van der Waals surface area contributed by atoms with Crippen LogP contribution in [0.4, 0.5) is 13.2 Å². The summed E-state index contributed by atoms with van der Waals surface area (Å²) in [5, 5.41) is 2.11. The van der Waals surface area contributed by atoms with Gasteiger partial charge in [0.05, 0.1) is 0 Å². The minimum absolute atomic E-state index is 0.304. The minimum atomic E-state index is -4.73. The van der Waals surface area contributed by atoms with Crippen molar-refractivity contribution in [2.24, 2.45) is 5.92 Å². The molecule has 2 fully saturated rings. The van der Waals surface area contributed by atoms with Crippen LogP contribution in [0.2, 0.25) is 0 Å². The summed E-state index contributed by atoms with van der Waals surface area (Å²) in [6.07, 6.45) is -1.40. The normalized spacial score (nSPS) is 37.0. The third-order valence-electron chi connectivity index (χ3n) is 3.03.